The Morgan fingerprint density at radius 1 is 0.771 bits per heavy atom. The molecule has 6 heteroatoms. The lowest BCUT2D eigenvalue weighted by Gasteiger charge is -2.30. The first kappa shape index (κ1) is 20.9. The number of allylic oxidation sites excluding steroid dienone is 1. The van der Waals surface area contributed by atoms with E-state index >= 15 is 0 Å². The highest BCUT2D eigenvalue weighted by molar-refractivity contribution is 5.85. The molecule has 0 saturated heterocycles. The number of para-hydroxylation sites is 2. The zero-order valence-electron chi connectivity index (χ0n) is 18.7. The molecule has 3 heterocycles. The van der Waals surface area contributed by atoms with Gasteiger partial charge in [0.1, 0.15) is 16.8 Å². The van der Waals surface area contributed by atoms with Gasteiger partial charge in [-0.3, -0.25) is 9.97 Å². The standard InChI is InChI=1S/C29H21N3O3/c30-16-4-10-20-7-1-13-24-23(20)19-29(33-24,34-25-14-2-8-21-11-5-17-31-27(21)25)35-26-15-3-9-22-12-6-18-32-28(22)26/h1-18,30H,19H2/b10-4-,30-16?. The van der Waals surface area contributed by atoms with Gasteiger partial charge in [-0.25, -0.2) is 0 Å². The van der Waals surface area contributed by atoms with Crippen LogP contribution in [0.4, 0.5) is 0 Å². The zero-order valence-corrected chi connectivity index (χ0v) is 18.7. The average Bonchev–Trinajstić information content (AvgIpc) is 3.26. The van der Waals surface area contributed by atoms with Gasteiger partial charge in [0.15, 0.2) is 11.5 Å². The molecule has 2 aromatic heterocycles. The topological polar surface area (TPSA) is 77.3 Å². The van der Waals surface area contributed by atoms with E-state index in [0.29, 0.717) is 23.7 Å². The Balaban J connectivity index is 1.48. The number of nitrogens with zero attached hydrogens (tertiary/aromatic N) is 2. The van der Waals surface area contributed by atoms with Crippen LogP contribution in [0.15, 0.2) is 97.3 Å². The number of pyridine rings is 2. The minimum atomic E-state index is -1.48. The SMILES string of the molecule is N=C/C=C\c1cccc2c1CC(Oc1cccc3cccnc13)(Oc1cccc3cccnc13)O2. The smallest absolute Gasteiger partial charge is 0.420 e. The van der Waals surface area contributed by atoms with E-state index < -0.39 is 5.97 Å². The van der Waals surface area contributed by atoms with Crippen LogP contribution in [0.5, 0.6) is 17.2 Å². The van der Waals surface area contributed by atoms with Gasteiger partial charge in [0.05, 0.1) is 6.42 Å². The van der Waals surface area contributed by atoms with Gasteiger partial charge in [0.25, 0.3) is 0 Å². The number of nitrogens with one attached hydrogen (secondary N) is 1. The third-order valence-corrected chi connectivity index (χ3v) is 5.92. The van der Waals surface area contributed by atoms with Gasteiger partial charge in [0.2, 0.25) is 0 Å². The van der Waals surface area contributed by atoms with Crippen molar-refractivity contribution < 1.29 is 14.2 Å². The summed E-state index contributed by atoms with van der Waals surface area (Å²) in [6.07, 6.45) is 8.61. The van der Waals surface area contributed by atoms with Crippen molar-refractivity contribution in [2.45, 2.75) is 12.4 Å². The second-order valence-electron chi connectivity index (χ2n) is 8.18. The highest BCUT2D eigenvalue weighted by atomic mass is 16.9. The zero-order chi connectivity index (χ0) is 23.7. The fraction of sp³-hybridized carbons (Fsp3) is 0.0690. The Hall–Kier alpha value is -4.71. The number of benzene rings is 3. The number of hydrogen-bond acceptors (Lipinski definition) is 6. The minimum absolute atomic E-state index is 0.327. The molecule has 1 aliphatic heterocycles. The summed E-state index contributed by atoms with van der Waals surface area (Å²) in [5, 5.41) is 9.28. The van der Waals surface area contributed by atoms with Gasteiger partial charge < -0.3 is 19.6 Å². The van der Waals surface area contributed by atoms with E-state index in [1.807, 2.05) is 84.9 Å². The number of hydrogen-bond donors (Lipinski definition) is 1. The van der Waals surface area contributed by atoms with Crippen LogP contribution in [0, 0.1) is 5.41 Å². The van der Waals surface area contributed by atoms with Gasteiger partial charge in [-0.1, -0.05) is 54.6 Å². The quantitative estimate of drug-likeness (QED) is 0.242. The van der Waals surface area contributed by atoms with Gasteiger partial charge in [-0.2, -0.15) is 0 Å². The molecule has 6 rings (SSSR count). The van der Waals surface area contributed by atoms with Crippen molar-refractivity contribution in [3.8, 4) is 17.2 Å². The van der Waals surface area contributed by atoms with Crippen LogP contribution in [-0.2, 0) is 6.42 Å². The first-order valence-electron chi connectivity index (χ1n) is 11.3. The Bertz CT molecular complexity index is 1500. The number of ether oxygens (including phenoxy) is 3. The fourth-order valence-corrected chi connectivity index (χ4v) is 4.38. The summed E-state index contributed by atoms with van der Waals surface area (Å²) in [6, 6.07) is 25.1. The van der Waals surface area contributed by atoms with E-state index in [9.17, 15) is 0 Å². The first-order chi connectivity index (χ1) is 17.2. The van der Waals surface area contributed by atoms with Gasteiger partial charge in [0, 0.05) is 34.9 Å². The molecule has 0 spiro atoms. The highest BCUT2D eigenvalue weighted by Crippen LogP contribution is 2.42. The third-order valence-electron chi connectivity index (χ3n) is 5.92. The summed E-state index contributed by atoms with van der Waals surface area (Å²) in [5.74, 6) is 0.300. The van der Waals surface area contributed by atoms with E-state index in [2.05, 4.69) is 9.97 Å². The lowest BCUT2D eigenvalue weighted by Crippen LogP contribution is -2.47. The fourth-order valence-electron chi connectivity index (χ4n) is 4.38. The molecular weight excluding hydrogens is 438 g/mol. The van der Waals surface area contributed by atoms with E-state index in [1.165, 1.54) is 6.21 Å². The van der Waals surface area contributed by atoms with Crippen molar-refractivity contribution in [3.63, 3.8) is 0 Å². The Kier molecular flexibility index (Phi) is 5.11. The monoisotopic (exact) mass is 459 g/mol. The van der Waals surface area contributed by atoms with Crippen molar-refractivity contribution in [1.29, 1.82) is 5.41 Å². The molecule has 0 amide bonds. The summed E-state index contributed by atoms with van der Waals surface area (Å²) in [7, 11) is 0. The lowest BCUT2D eigenvalue weighted by atomic mass is 10.0. The van der Waals surface area contributed by atoms with E-state index in [-0.39, 0.29) is 0 Å². The van der Waals surface area contributed by atoms with Crippen LogP contribution in [0.3, 0.4) is 0 Å². The summed E-state index contributed by atoms with van der Waals surface area (Å²) in [4.78, 5) is 9.07. The molecule has 0 fully saturated rings. The summed E-state index contributed by atoms with van der Waals surface area (Å²) in [5.41, 5.74) is 3.31. The molecule has 3 aromatic carbocycles. The Morgan fingerprint density at radius 3 is 2.00 bits per heavy atom. The number of aromatic nitrogens is 2. The summed E-state index contributed by atoms with van der Waals surface area (Å²) >= 11 is 0. The number of fused-ring (bicyclic) bond motifs is 3. The Labute approximate surface area is 202 Å². The maximum Gasteiger partial charge on any atom is 0.421 e. The van der Waals surface area contributed by atoms with E-state index in [0.717, 1.165) is 32.9 Å². The molecule has 0 atom stereocenters. The predicted octanol–water partition coefficient (Wildman–Crippen LogP) is 6.19. The summed E-state index contributed by atoms with van der Waals surface area (Å²) < 4.78 is 19.6. The Morgan fingerprint density at radius 2 is 1.37 bits per heavy atom. The van der Waals surface area contributed by atoms with Crippen molar-refractivity contribution in [2.24, 2.45) is 0 Å². The van der Waals surface area contributed by atoms with Gasteiger partial charge >= 0.3 is 5.97 Å². The molecule has 0 saturated carbocycles. The second-order valence-corrected chi connectivity index (χ2v) is 8.18. The van der Waals surface area contributed by atoms with Crippen LogP contribution in [0.2, 0.25) is 0 Å². The lowest BCUT2D eigenvalue weighted by molar-refractivity contribution is -0.238. The molecule has 0 aliphatic carbocycles. The van der Waals surface area contributed by atoms with Crippen molar-refractivity contribution in [2.75, 3.05) is 0 Å². The molecule has 6 nitrogen and oxygen atoms in total. The first-order valence-corrected chi connectivity index (χ1v) is 11.3. The molecule has 170 valence electrons. The molecule has 0 radical (unpaired) electrons. The maximum absolute atomic E-state index is 7.37. The van der Waals surface area contributed by atoms with Gasteiger partial charge in [-0.05, 0) is 42.0 Å². The van der Waals surface area contributed by atoms with Crippen LogP contribution in [0.1, 0.15) is 11.1 Å². The number of rotatable bonds is 6. The van der Waals surface area contributed by atoms with Crippen LogP contribution in [-0.4, -0.2) is 22.2 Å². The molecule has 1 aliphatic rings. The molecule has 1 N–H and O–H groups in total. The largest absolute Gasteiger partial charge is 0.421 e. The van der Waals surface area contributed by atoms with Crippen LogP contribution >= 0.6 is 0 Å². The summed E-state index contributed by atoms with van der Waals surface area (Å²) in [6.45, 7) is 0. The maximum atomic E-state index is 7.37. The third kappa shape index (κ3) is 3.85. The second kappa shape index (κ2) is 8.57. The van der Waals surface area contributed by atoms with E-state index in [4.69, 9.17) is 19.6 Å². The average molecular weight is 460 g/mol. The van der Waals surface area contributed by atoms with Gasteiger partial charge in [-0.15, -0.1) is 0 Å². The van der Waals surface area contributed by atoms with E-state index in [1.54, 1.807) is 18.5 Å². The predicted molar refractivity (Wildman–Crippen MR) is 136 cm³/mol. The van der Waals surface area contributed by atoms with Crippen molar-refractivity contribution in [3.05, 3.63) is 108 Å². The van der Waals surface area contributed by atoms with Crippen LogP contribution < -0.4 is 14.2 Å². The van der Waals surface area contributed by atoms with Crippen molar-refractivity contribution in [1.82, 2.24) is 9.97 Å². The molecule has 5 aromatic rings. The minimum Gasteiger partial charge on any atom is -0.420 e. The highest BCUT2D eigenvalue weighted by Gasteiger charge is 2.47. The molecule has 0 unspecified atom stereocenters. The molecule has 35 heavy (non-hydrogen) atoms. The molecule has 0 bridgehead atoms. The normalized spacial score (nSPS) is 14.1. The van der Waals surface area contributed by atoms with Crippen molar-refractivity contribution >= 4 is 34.1 Å². The molecular formula is C29H21N3O3. The van der Waals surface area contributed by atoms with Crippen LogP contribution in [0.25, 0.3) is 27.9 Å².